The largest absolute Gasteiger partial charge is 0.343 e. The van der Waals surface area contributed by atoms with Crippen molar-refractivity contribution in [3.05, 3.63) is 12.2 Å². The highest BCUT2D eigenvalue weighted by Gasteiger charge is 2.32. The van der Waals surface area contributed by atoms with Crippen molar-refractivity contribution >= 4 is 5.91 Å². The van der Waals surface area contributed by atoms with Crippen molar-refractivity contribution < 1.29 is 9.18 Å². The number of alkyl halides is 1. The molecule has 1 amide bonds. The van der Waals surface area contributed by atoms with E-state index in [0.717, 1.165) is 0 Å². The lowest BCUT2D eigenvalue weighted by atomic mass is 9.92. The van der Waals surface area contributed by atoms with Gasteiger partial charge in [0.25, 0.3) is 0 Å². The van der Waals surface area contributed by atoms with Crippen molar-refractivity contribution in [3.8, 4) is 0 Å². The molecule has 0 aliphatic carbocycles. The number of amides is 1. The Labute approximate surface area is 90.1 Å². The third-order valence-corrected chi connectivity index (χ3v) is 2.79. The molecular formula is C11H19FN2O. The average Bonchev–Trinajstić information content (AvgIpc) is 2.18. The van der Waals surface area contributed by atoms with Gasteiger partial charge in [0.1, 0.15) is 5.67 Å². The van der Waals surface area contributed by atoms with Crippen LogP contribution in [0.3, 0.4) is 0 Å². The van der Waals surface area contributed by atoms with Crippen molar-refractivity contribution in [3.63, 3.8) is 0 Å². The molecule has 1 rings (SSSR count). The minimum Gasteiger partial charge on any atom is -0.343 e. The van der Waals surface area contributed by atoms with Crippen molar-refractivity contribution in [2.45, 2.75) is 31.9 Å². The maximum atomic E-state index is 14.1. The number of halogens is 1. The molecule has 1 saturated heterocycles. The van der Waals surface area contributed by atoms with Crippen LogP contribution in [0.1, 0.15) is 26.2 Å². The Morgan fingerprint density at radius 2 is 2.13 bits per heavy atom. The molecule has 0 unspecified atom stereocenters. The summed E-state index contributed by atoms with van der Waals surface area (Å²) in [5.74, 6) is 0.0305. The molecule has 0 radical (unpaired) electrons. The van der Waals surface area contributed by atoms with Crippen LogP contribution in [0, 0.1) is 0 Å². The zero-order valence-corrected chi connectivity index (χ0v) is 9.21. The van der Waals surface area contributed by atoms with Gasteiger partial charge >= 0.3 is 0 Å². The molecule has 0 aromatic carbocycles. The third kappa shape index (κ3) is 3.63. The number of carbonyl (C=O) groups excluding carboxylic acids is 1. The molecule has 15 heavy (non-hydrogen) atoms. The van der Waals surface area contributed by atoms with Crippen molar-refractivity contribution in [2.24, 2.45) is 5.73 Å². The lowest BCUT2D eigenvalue weighted by molar-refractivity contribution is -0.130. The molecule has 0 atom stereocenters. The molecule has 0 spiro atoms. The highest BCUT2D eigenvalue weighted by molar-refractivity contribution is 5.73. The number of hydrogen-bond acceptors (Lipinski definition) is 2. The van der Waals surface area contributed by atoms with Crippen molar-refractivity contribution in [1.82, 2.24) is 4.90 Å². The minimum atomic E-state index is -1.23. The summed E-state index contributed by atoms with van der Waals surface area (Å²) >= 11 is 0. The fourth-order valence-corrected chi connectivity index (χ4v) is 1.75. The number of carbonyl (C=O) groups is 1. The lowest BCUT2D eigenvalue weighted by Crippen LogP contribution is -2.42. The fourth-order valence-electron chi connectivity index (χ4n) is 1.75. The number of allylic oxidation sites excluding steroid dienone is 1. The Bertz CT molecular complexity index is 245. The van der Waals surface area contributed by atoms with Crippen LogP contribution in [0.25, 0.3) is 0 Å². The number of piperidine rings is 1. The molecule has 1 heterocycles. The first-order valence-electron chi connectivity index (χ1n) is 5.39. The smallest absolute Gasteiger partial charge is 0.219 e. The SMILES string of the molecule is CC(=O)N1CCC(F)(/C=C/CCN)CC1. The van der Waals surface area contributed by atoms with E-state index >= 15 is 0 Å². The minimum absolute atomic E-state index is 0.0305. The summed E-state index contributed by atoms with van der Waals surface area (Å²) in [4.78, 5) is 12.7. The predicted octanol–water partition coefficient (Wildman–Crippen LogP) is 1.24. The van der Waals surface area contributed by atoms with Crippen LogP contribution in [0.4, 0.5) is 4.39 Å². The number of hydrogen-bond donors (Lipinski definition) is 1. The monoisotopic (exact) mass is 214 g/mol. The molecule has 0 aromatic rings. The van der Waals surface area contributed by atoms with Gasteiger partial charge in [-0.2, -0.15) is 0 Å². The molecule has 2 N–H and O–H groups in total. The Hall–Kier alpha value is -0.900. The zero-order valence-electron chi connectivity index (χ0n) is 9.21. The van der Waals surface area contributed by atoms with Crippen LogP contribution in [0.5, 0.6) is 0 Å². The van der Waals surface area contributed by atoms with Crippen molar-refractivity contribution in [1.29, 1.82) is 0 Å². The van der Waals surface area contributed by atoms with Gasteiger partial charge < -0.3 is 10.6 Å². The first kappa shape index (κ1) is 12.2. The molecular weight excluding hydrogens is 195 g/mol. The summed E-state index contributed by atoms with van der Waals surface area (Å²) in [5, 5.41) is 0. The number of rotatable bonds is 3. The van der Waals surface area contributed by atoms with E-state index in [1.54, 1.807) is 17.1 Å². The summed E-state index contributed by atoms with van der Waals surface area (Å²) in [7, 11) is 0. The highest BCUT2D eigenvalue weighted by atomic mass is 19.1. The molecule has 0 bridgehead atoms. The third-order valence-electron chi connectivity index (χ3n) is 2.79. The van der Waals surface area contributed by atoms with Crippen LogP contribution >= 0.6 is 0 Å². The van der Waals surface area contributed by atoms with Crippen LogP contribution < -0.4 is 5.73 Å². The van der Waals surface area contributed by atoms with Gasteiger partial charge in [0, 0.05) is 32.9 Å². The lowest BCUT2D eigenvalue weighted by Gasteiger charge is -2.34. The molecule has 0 saturated carbocycles. The zero-order chi connectivity index (χ0) is 11.3. The highest BCUT2D eigenvalue weighted by Crippen LogP contribution is 2.28. The van der Waals surface area contributed by atoms with Crippen molar-refractivity contribution in [2.75, 3.05) is 19.6 Å². The summed E-state index contributed by atoms with van der Waals surface area (Å²) in [6, 6.07) is 0. The van der Waals surface area contributed by atoms with E-state index in [2.05, 4.69) is 0 Å². The van der Waals surface area contributed by atoms with E-state index in [0.29, 0.717) is 38.9 Å². The Morgan fingerprint density at radius 3 is 2.60 bits per heavy atom. The van der Waals surface area contributed by atoms with E-state index in [4.69, 9.17) is 5.73 Å². The topological polar surface area (TPSA) is 46.3 Å². The first-order valence-corrected chi connectivity index (χ1v) is 5.39. The average molecular weight is 214 g/mol. The van der Waals surface area contributed by atoms with E-state index in [-0.39, 0.29) is 5.91 Å². The second-order valence-corrected chi connectivity index (χ2v) is 4.02. The summed E-state index contributed by atoms with van der Waals surface area (Å²) in [6.45, 7) is 3.10. The Balaban J connectivity index is 2.43. The molecule has 1 aliphatic rings. The van der Waals surface area contributed by atoms with Gasteiger partial charge in [-0.15, -0.1) is 0 Å². The van der Waals surface area contributed by atoms with E-state index in [1.807, 2.05) is 0 Å². The normalized spacial score (nSPS) is 20.9. The van der Waals surface area contributed by atoms with Crippen LogP contribution in [-0.2, 0) is 4.79 Å². The maximum absolute atomic E-state index is 14.1. The second-order valence-electron chi connectivity index (χ2n) is 4.02. The number of likely N-dealkylation sites (tertiary alicyclic amines) is 1. The van der Waals surface area contributed by atoms with E-state index in [9.17, 15) is 9.18 Å². The van der Waals surface area contributed by atoms with E-state index in [1.165, 1.54) is 6.92 Å². The molecule has 86 valence electrons. The van der Waals surface area contributed by atoms with Gasteiger partial charge in [0.05, 0.1) is 0 Å². The second kappa shape index (κ2) is 5.26. The molecule has 1 fully saturated rings. The quantitative estimate of drug-likeness (QED) is 0.718. The molecule has 0 aromatic heterocycles. The van der Waals surface area contributed by atoms with Gasteiger partial charge in [0.15, 0.2) is 0 Å². The number of nitrogens with two attached hydrogens (primary N) is 1. The molecule has 3 nitrogen and oxygen atoms in total. The predicted molar refractivity (Wildman–Crippen MR) is 58.1 cm³/mol. The number of nitrogens with zero attached hydrogens (tertiary/aromatic N) is 1. The van der Waals surface area contributed by atoms with Crippen LogP contribution in [-0.4, -0.2) is 36.1 Å². The molecule has 4 heteroatoms. The van der Waals surface area contributed by atoms with E-state index < -0.39 is 5.67 Å². The maximum Gasteiger partial charge on any atom is 0.219 e. The molecule has 1 aliphatic heterocycles. The summed E-state index contributed by atoms with van der Waals surface area (Å²) < 4.78 is 14.1. The Morgan fingerprint density at radius 1 is 1.53 bits per heavy atom. The van der Waals surface area contributed by atoms with Gasteiger partial charge in [-0.25, -0.2) is 4.39 Å². The van der Waals surface area contributed by atoms with Gasteiger partial charge in [-0.3, -0.25) is 4.79 Å². The summed E-state index contributed by atoms with van der Waals surface area (Å²) in [5.41, 5.74) is 4.09. The van der Waals surface area contributed by atoms with Gasteiger partial charge in [-0.1, -0.05) is 12.2 Å². The van der Waals surface area contributed by atoms with Crippen LogP contribution in [0.15, 0.2) is 12.2 Å². The first-order chi connectivity index (χ1) is 7.07. The van der Waals surface area contributed by atoms with Crippen LogP contribution in [0.2, 0.25) is 0 Å². The Kier molecular flexibility index (Phi) is 4.27. The fraction of sp³-hybridized carbons (Fsp3) is 0.727. The van der Waals surface area contributed by atoms with Gasteiger partial charge in [-0.05, 0) is 13.0 Å². The standard InChI is InChI=1S/C11H19FN2O/c1-10(15)14-8-5-11(12,6-9-14)4-2-3-7-13/h2,4H,3,5-9,13H2,1H3/b4-2+. The van der Waals surface area contributed by atoms with Gasteiger partial charge in [0.2, 0.25) is 5.91 Å². The summed E-state index contributed by atoms with van der Waals surface area (Å²) in [6.07, 6.45) is 4.91.